The number of H-pyrrole nitrogens is 1. The molecule has 2 aromatic rings. The van der Waals surface area contributed by atoms with Gasteiger partial charge < -0.3 is 4.98 Å². The van der Waals surface area contributed by atoms with E-state index in [-0.39, 0.29) is 0 Å². The maximum atomic E-state index is 4.75. The van der Waals surface area contributed by atoms with E-state index in [4.69, 9.17) is 4.98 Å². The molecule has 2 aromatic heterocycles. The highest BCUT2D eigenvalue weighted by atomic mass is 28.3. The van der Waals surface area contributed by atoms with Crippen LogP contribution < -0.4 is 5.32 Å². The molecule has 2 rings (SSSR count). The topological polar surface area (TPSA) is 41.6 Å². The number of aromatic amines is 1. The van der Waals surface area contributed by atoms with Crippen LogP contribution in [0.15, 0.2) is 18.6 Å². The van der Waals surface area contributed by atoms with Gasteiger partial charge in [0, 0.05) is 16.9 Å². The summed E-state index contributed by atoms with van der Waals surface area (Å²) < 4.78 is 0. The summed E-state index contributed by atoms with van der Waals surface area (Å²) in [5, 5.41) is 2.56. The first-order chi connectivity index (χ1) is 8.92. The largest absolute Gasteiger partial charge is 0.346 e. The number of fused-ring (bicyclic) bond motifs is 1. The molecule has 0 bridgehead atoms. The van der Waals surface area contributed by atoms with Crippen LogP contribution in [0.5, 0.6) is 0 Å². The third kappa shape index (κ3) is 2.02. The Balaban J connectivity index is 2.77. The van der Waals surface area contributed by atoms with E-state index in [1.165, 1.54) is 10.7 Å². The molecule has 0 aromatic carbocycles. The second-order valence-electron chi connectivity index (χ2n) is 6.36. The fourth-order valence-corrected chi connectivity index (χ4v) is 10.6. The van der Waals surface area contributed by atoms with Crippen LogP contribution >= 0.6 is 0 Å². The molecule has 0 fully saturated rings. The first-order valence-electron chi connectivity index (χ1n) is 7.20. The van der Waals surface area contributed by atoms with Crippen molar-refractivity contribution >= 4 is 24.4 Å². The highest BCUT2D eigenvalue weighted by Crippen LogP contribution is 2.41. The molecule has 0 spiro atoms. The van der Waals surface area contributed by atoms with Crippen LogP contribution in [-0.2, 0) is 0 Å². The molecule has 4 heteroatoms. The van der Waals surface area contributed by atoms with Gasteiger partial charge in [0.25, 0.3) is 0 Å². The van der Waals surface area contributed by atoms with Crippen molar-refractivity contribution in [1.29, 1.82) is 0 Å². The zero-order chi connectivity index (χ0) is 14.2. The second kappa shape index (κ2) is 5.08. The molecule has 0 aliphatic heterocycles. The van der Waals surface area contributed by atoms with Gasteiger partial charge in [0.15, 0.2) is 0 Å². The van der Waals surface area contributed by atoms with E-state index in [2.05, 4.69) is 57.6 Å². The normalized spacial score (nSPS) is 13.1. The molecule has 0 saturated heterocycles. The Kier molecular flexibility index (Phi) is 3.81. The van der Waals surface area contributed by atoms with Crippen molar-refractivity contribution in [3.63, 3.8) is 0 Å². The summed E-state index contributed by atoms with van der Waals surface area (Å²) in [6.45, 7) is 14.2. The van der Waals surface area contributed by atoms with Gasteiger partial charge in [-0.05, 0) is 22.7 Å². The Labute approximate surface area is 116 Å². The summed E-state index contributed by atoms with van der Waals surface area (Å²) >= 11 is 0. The predicted octanol–water partition coefficient (Wildman–Crippen LogP) is 3.84. The quantitative estimate of drug-likeness (QED) is 0.861. The lowest BCUT2D eigenvalue weighted by Gasteiger charge is -2.42. The van der Waals surface area contributed by atoms with Crippen molar-refractivity contribution in [2.24, 2.45) is 0 Å². The molecule has 0 amide bonds. The first-order valence-corrected chi connectivity index (χ1v) is 9.44. The summed E-state index contributed by atoms with van der Waals surface area (Å²) in [5.41, 5.74) is 2.98. The Hall–Kier alpha value is -1.16. The lowest BCUT2D eigenvalue weighted by Crippen LogP contribution is -2.57. The molecular formula is C15H25N3Si. The van der Waals surface area contributed by atoms with Crippen LogP contribution in [0.1, 0.15) is 41.5 Å². The highest BCUT2D eigenvalue weighted by molar-refractivity contribution is 6.95. The SMILES string of the molecule is CC(C)[Si](c1ncnc2[nH]ccc12)(C(C)C)C(C)C. The third-order valence-electron chi connectivity index (χ3n) is 4.63. The molecule has 19 heavy (non-hydrogen) atoms. The minimum Gasteiger partial charge on any atom is -0.346 e. The van der Waals surface area contributed by atoms with Gasteiger partial charge in [-0.25, -0.2) is 9.97 Å². The van der Waals surface area contributed by atoms with Gasteiger partial charge in [0.05, 0.1) is 0 Å². The number of nitrogens with zero attached hydrogens (tertiary/aromatic N) is 2. The molecule has 2 heterocycles. The summed E-state index contributed by atoms with van der Waals surface area (Å²) in [7, 11) is -1.70. The minimum absolute atomic E-state index is 0.667. The van der Waals surface area contributed by atoms with Crippen molar-refractivity contribution in [2.75, 3.05) is 0 Å². The molecule has 0 unspecified atom stereocenters. The zero-order valence-electron chi connectivity index (χ0n) is 12.9. The van der Waals surface area contributed by atoms with E-state index < -0.39 is 8.07 Å². The van der Waals surface area contributed by atoms with Crippen molar-refractivity contribution in [3.05, 3.63) is 18.6 Å². The van der Waals surface area contributed by atoms with Crippen molar-refractivity contribution in [2.45, 2.75) is 58.2 Å². The van der Waals surface area contributed by atoms with Gasteiger partial charge in [-0.1, -0.05) is 41.5 Å². The van der Waals surface area contributed by atoms with Gasteiger partial charge in [-0.2, -0.15) is 0 Å². The van der Waals surface area contributed by atoms with Gasteiger partial charge >= 0.3 is 0 Å². The van der Waals surface area contributed by atoms with E-state index in [0.717, 1.165) is 5.65 Å². The average molecular weight is 275 g/mol. The smallest absolute Gasteiger partial charge is 0.140 e. The fraction of sp³-hybridized carbons (Fsp3) is 0.600. The molecule has 0 saturated carbocycles. The number of hydrogen-bond donors (Lipinski definition) is 1. The van der Waals surface area contributed by atoms with Crippen LogP contribution in [0, 0.1) is 0 Å². The predicted molar refractivity (Wildman–Crippen MR) is 84.6 cm³/mol. The highest BCUT2D eigenvalue weighted by Gasteiger charge is 2.46. The summed E-state index contributed by atoms with van der Waals surface area (Å²) in [5.74, 6) is 0. The minimum atomic E-state index is -1.70. The molecule has 104 valence electrons. The lowest BCUT2D eigenvalue weighted by molar-refractivity contribution is 0.831. The number of aromatic nitrogens is 3. The van der Waals surface area contributed by atoms with Crippen LogP contribution in [0.2, 0.25) is 16.6 Å². The molecule has 0 radical (unpaired) electrons. The monoisotopic (exact) mass is 275 g/mol. The number of rotatable bonds is 4. The fourth-order valence-electron chi connectivity index (χ4n) is 4.04. The van der Waals surface area contributed by atoms with Gasteiger partial charge in [-0.15, -0.1) is 0 Å². The zero-order valence-corrected chi connectivity index (χ0v) is 13.9. The molecular weight excluding hydrogens is 250 g/mol. The summed E-state index contributed by atoms with van der Waals surface area (Å²) in [4.78, 5) is 12.3. The van der Waals surface area contributed by atoms with E-state index in [1.54, 1.807) is 6.33 Å². The number of hydrogen-bond acceptors (Lipinski definition) is 2. The van der Waals surface area contributed by atoms with Gasteiger partial charge in [0.1, 0.15) is 20.0 Å². The third-order valence-corrected chi connectivity index (χ3v) is 11.6. The van der Waals surface area contributed by atoms with E-state index >= 15 is 0 Å². The molecule has 0 aliphatic carbocycles. The van der Waals surface area contributed by atoms with E-state index in [9.17, 15) is 0 Å². The second-order valence-corrected chi connectivity index (χ2v) is 12.2. The van der Waals surface area contributed by atoms with Gasteiger partial charge in [-0.3, -0.25) is 0 Å². The molecule has 0 aliphatic rings. The van der Waals surface area contributed by atoms with Crippen molar-refractivity contribution < 1.29 is 0 Å². The van der Waals surface area contributed by atoms with Crippen LogP contribution in [0.3, 0.4) is 0 Å². The van der Waals surface area contributed by atoms with Crippen LogP contribution in [-0.4, -0.2) is 23.0 Å². The maximum absolute atomic E-state index is 4.75. The Morgan fingerprint density at radius 2 is 1.53 bits per heavy atom. The Morgan fingerprint density at radius 1 is 0.947 bits per heavy atom. The van der Waals surface area contributed by atoms with Gasteiger partial charge in [0.2, 0.25) is 0 Å². The van der Waals surface area contributed by atoms with E-state index in [1.807, 2.05) is 6.20 Å². The Bertz CT molecular complexity index is 535. The number of nitrogens with one attached hydrogen (secondary N) is 1. The summed E-state index contributed by atoms with van der Waals surface area (Å²) in [6.07, 6.45) is 3.70. The van der Waals surface area contributed by atoms with Crippen molar-refractivity contribution in [1.82, 2.24) is 15.0 Å². The summed E-state index contributed by atoms with van der Waals surface area (Å²) in [6, 6.07) is 2.14. The maximum Gasteiger partial charge on any atom is 0.140 e. The van der Waals surface area contributed by atoms with Crippen LogP contribution in [0.25, 0.3) is 11.0 Å². The molecule has 0 atom stereocenters. The first kappa shape index (κ1) is 14.3. The van der Waals surface area contributed by atoms with Crippen LogP contribution in [0.4, 0.5) is 0 Å². The average Bonchev–Trinajstić information content (AvgIpc) is 2.76. The van der Waals surface area contributed by atoms with E-state index in [0.29, 0.717) is 16.6 Å². The lowest BCUT2D eigenvalue weighted by atomic mass is 10.4. The standard InChI is InChI=1S/C15H25N3Si/c1-10(2)19(11(3)4,12(5)6)15-13-7-8-16-14(13)17-9-18-15/h7-12H,1-6H3,(H,16,17,18). The molecule has 3 nitrogen and oxygen atoms in total. The Morgan fingerprint density at radius 3 is 2.05 bits per heavy atom. The molecule has 1 N–H and O–H groups in total. The van der Waals surface area contributed by atoms with Crippen molar-refractivity contribution in [3.8, 4) is 0 Å².